The van der Waals surface area contributed by atoms with Gasteiger partial charge in [0, 0.05) is 0 Å². The van der Waals surface area contributed by atoms with Crippen molar-refractivity contribution in [3.8, 4) is 0 Å². The average molecular weight is 489 g/mol. The fraction of sp³-hybridized carbons (Fsp3) is 0.714. The lowest BCUT2D eigenvalue weighted by atomic mass is 10.0. The third kappa shape index (κ3) is 6.09. The molecule has 1 aromatic rings. The second-order valence-corrected chi connectivity index (χ2v) is 7.87. The minimum Gasteiger partial charge on any atom is -0.462 e. The van der Waals surface area contributed by atoms with E-state index < -0.39 is 60.0 Å². The molecule has 13 heteroatoms. The number of anilines is 1. The summed E-state index contributed by atoms with van der Waals surface area (Å²) in [6, 6.07) is 0. The Morgan fingerprint density at radius 2 is 1.79 bits per heavy atom. The molecule has 1 amide bonds. The number of halogens is 1. The van der Waals surface area contributed by atoms with Crippen LogP contribution in [0.5, 0.6) is 0 Å². The number of aromatic nitrogens is 2. The average Bonchev–Trinajstić information content (AvgIpc) is 3.07. The van der Waals surface area contributed by atoms with E-state index in [9.17, 15) is 34.1 Å². The molecule has 0 aromatic carbocycles. The molecule has 4 atom stereocenters. The van der Waals surface area contributed by atoms with Crippen LogP contribution in [0.2, 0.25) is 0 Å². The normalized spacial score (nSPS) is 24.1. The van der Waals surface area contributed by atoms with Crippen LogP contribution in [0.1, 0.15) is 52.4 Å². The summed E-state index contributed by atoms with van der Waals surface area (Å²) < 4.78 is 30.5. The van der Waals surface area contributed by atoms with Gasteiger partial charge in [0.1, 0.15) is 18.3 Å². The predicted octanol–water partition coefficient (Wildman–Crippen LogP) is 0.620. The second-order valence-electron chi connectivity index (χ2n) is 7.87. The first-order valence-electron chi connectivity index (χ1n) is 11.3. The number of nitrogens with one attached hydrogen (secondary N) is 1. The zero-order valence-electron chi connectivity index (χ0n) is 19.2. The highest BCUT2D eigenvalue weighted by Gasteiger charge is 2.62. The first-order valence-corrected chi connectivity index (χ1v) is 11.3. The van der Waals surface area contributed by atoms with Crippen molar-refractivity contribution in [2.45, 2.75) is 76.4 Å². The Bertz CT molecular complexity index is 897. The minimum atomic E-state index is -2.71. The summed E-state index contributed by atoms with van der Waals surface area (Å²) in [5.74, 6) is -3.29. The molecule has 1 aromatic heterocycles. The largest absolute Gasteiger partial charge is 0.462 e. The molecule has 0 saturated carbocycles. The summed E-state index contributed by atoms with van der Waals surface area (Å²) in [5, 5.41) is 32.3. The van der Waals surface area contributed by atoms with Crippen LogP contribution >= 0.6 is 0 Å². The molecule has 2 rings (SSSR count). The van der Waals surface area contributed by atoms with Gasteiger partial charge in [-0.2, -0.15) is 4.98 Å². The van der Waals surface area contributed by atoms with E-state index >= 15 is 0 Å². The number of hydrogen-bond acceptors (Lipinski definition) is 10. The number of ether oxygens (including phenoxy) is 3. The number of rotatable bonds is 12. The molecule has 0 bridgehead atoms. The van der Waals surface area contributed by atoms with E-state index in [0.29, 0.717) is 23.6 Å². The molecule has 0 radical (unpaired) electrons. The van der Waals surface area contributed by atoms with Crippen molar-refractivity contribution in [3.63, 3.8) is 0 Å². The molecule has 192 valence electrons. The molecule has 1 fully saturated rings. The Labute approximate surface area is 195 Å². The first-order chi connectivity index (χ1) is 16.2. The summed E-state index contributed by atoms with van der Waals surface area (Å²) >= 11 is 0. The van der Waals surface area contributed by atoms with Crippen LogP contribution in [0.3, 0.4) is 0 Å². The Hall–Kier alpha value is -2.61. The van der Waals surface area contributed by atoms with Gasteiger partial charge in [-0.25, -0.2) is 18.8 Å². The van der Waals surface area contributed by atoms with Crippen LogP contribution in [0.25, 0.3) is 0 Å². The van der Waals surface area contributed by atoms with Crippen molar-refractivity contribution in [1.29, 1.82) is 0 Å². The molecule has 1 saturated heterocycles. The number of unbranched alkanes of at least 4 members (excludes halogenated alkanes) is 4. The Morgan fingerprint density at radius 3 is 2.35 bits per heavy atom. The molecule has 0 spiro atoms. The van der Waals surface area contributed by atoms with Gasteiger partial charge in [0.2, 0.25) is 0 Å². The van der Waals surface area contributed by atoms with E-state index in [0.717, 1.165) is 25.7 Å². The van der Waals surface area contributed by atoms with E-state index in [4.69, 9.17) is 14.2 Å². The highest BCUT2D eigenvalue weighted by molar-refractivity contribution is 5.83. The van der Waals surface area contributed by atoms with Crippen molar-refractivity contribution < 1.29 is 43.5 Å². The smallest absolute Gasteiger partial charge is 0.412 e. The van der Waals surface area contributed by atoms with Gasteiger partial charge in [0.05, 0.1) is 26.0 Å². The number of esters is 1. The van der Waals surface area contributed by atoms with Crippen LogP contribution in [0.15, 0.2) is 11.0 Å². The quantitative estimate of drug-likeness (QED) is 0.241. The van der Waals surface area contributed by atoms with Crippen molar-refractivity contribution in [2.75, 3.05) is 25.1 Å². The summed E-state index contributed by atoms with van der Waals surface area (Å²) in [4.78, 5) is 41.0. The van der Waals surface area contributed by atoms with Gasteiger partial charge in [-0.1, -0.05) is 39.5 Å². The Kier molecular flexibility index (Phi) is 10.4. The standard InChI is InChI=1S/C21H32FN3O9/c1-3-5-7-9-32-18(29)21(16(28)15(27)14(12-26)34-21)25-11-13(22)17(23-19(25)30)24-20(31)33-10-8-6-4-2/h11,14-16,26-28H,3-10,12H2,1-2H3,(H,23,24,30,31)/t14-,15-,16-,21+/m1/s1. The number of aliphatic hydroxyl groups excluding tert-OH is 3. The maximum absolute atomic E-state index is 14.8. The van der Waals surface area contributed by atoms with Gasteiger partial charge in [0.25, 0.3) is 5.72 Å². The summed E-state index contributed by atoms with van der Waals surface area (Å²) in [5.41, 5.74) is -4.00. The first kappa shape index (κ1) is 27.6. The third-order valence-corrected chi connectivity index (χ3v) is 5.33. The van der Waals surface area contributed by atoms with Crippen molar-refractivity contribution >= 4 is 17.9 Å². The van der Waals surface area contributed by atoms with E-state index in [2.05, 4.69) is 4.98 Å². The molecule has 12 nitrogen and oxygen atoms in total. The second kappa shape index (κ2) is 12.7. The molecule has 0 unspecified atom stereocenters. The number of aliphatic hydroxyl groups is 3. The van der Waals surface area contributed by atoms with Gasteiger partial charge >= 0.3 is 17.8 Å². The highest BCUT2D eigenvalue weighted by atomic mass is 19.1. The molecule has 2 heterocycles. The summed E-state index contributed by atoms with van der Waals surface area (Å²) in [6.45, 7) is 3.09. The highest BCUT2D eigenvalue weighted by Crippen LogP contribution is 2.36. The monoisotopic (exact) mass is 489 g/mol. The van der Waals surface area contributed by atoms with Crippen LogP contribution in [-0.2, 0) is 24.7 Å². The molecular weight excluding hydrogens is 457 g/mol. The molecule has 1 aliphatic heterocycles. The summed E-state index contributed by atoms with van der Waals surface area (Å²) in [7, 11) is 0. The van der Waals surface area contributed by atoms with Crippen LogP contribution in [0.4, 0.5) is 15.0 Å². The van der Waals surface area contributed by atoms with E-state index in [1.165, 1.54) is 0 Å². The Balaban J connectivity index is 2.34. The number of carbonyl (C=O) groups excluding carboxylic acids is 2. The van der Waals surface area contributed by atoms with Crippen molar-refractivity contribution in [3.05, 3.63) is 22.5 Å². The van der Waals surface area contributed by atoms with Gasteiger partial charge in [-0.15, -0.1) is 0 Å². The maximum atomic E-state index is 14.8. The van der Waals surface area contributed by atoms with Crippen LogP contribution in [0, 0.1) is 5.82 Å². The molecule has 0 aliphatic carbocycles. The third-order valence-electron chi connectivity index (χ3n) is 5.33. The molecule has 4 N–H and O–H groups in total. The minimum absolute atomic E-state index is 0.0848. The number of nitrogens with zero attached hydrogens (tertiary/aromatic N) is 2. The lowest BCUT2D eigenvalue weighted by Crippen LogP contribution is -2.56. The van der Waals surface area contributed by atoms with Gasteiger partial charge < -0.3 is 29.5 Å². The molecular formula is C21H32FN3O9. The molecule has 1 aliphatic rings. The van der Waals surface area contributed by atoms with Gasteiger partial charge in [-0.3, -0.25) is 9.88 Å². The summed E-state index contributed by atoms with van der Waals surface area (Å²) in [6.07, 6.45) is -1.51. The maximum Gasteiger partial charge on any atom is 0.412 e. The lowest BCUT2D eigenvalue weighted by Gasteiger charge is -2.31. The zero-order valence-corrected chi connectivity index (χ0v) is 19.2. The van der Waals surface area contributed by atoms with E-state index in [-0.39, 0.29) is 13.2 Å². The number of amides is 1. The van der Waals surface area contributed by atoms with E-state index in [1.807, 2.05) is 19.2 Å². The SMILES string of the molecule is CCCCCOC(=O)Nc1nc(=O)n([C@]2(C(=O)OCCCCC)O[C@H](CO)[C@@H](O)[C@H]2O)cc1F. The van der Waals surface area contributed by atoms with Gasteiger partial charge in [0.15, 0.2) is 11.6 Å². The van der Waals surface area contributed by atoms with Crippen molar-refractivity contribution in [2.24, 2.45) is 0 Å². The van der Waals surface area contributed by atoms with Crippen molar-refractivity contribution in [1.82, 2.24) is 9.55 Å². The van der Waals surface area contributed by atoms with Gasteiger partial charge in [-0.05, 0) is 12.8 Å². The van der Waals surface area contributed by atoms with E-state index in [1.54, 1.807) is 0 Å². The fourth-order valence-electron chi connectivity index (χ4n) is 3.45. The zero-order chi connectivity index (χ0) is 25.3. The predicted molar refractivity (Wildman–Crippen MR) is 115 cm³/mol. The molecule has 34 heavy (non-hydrogen) atoms. The lowest BCUT2D eigenvalue weighted by molar-refractivity contribution is -0.202. The fourth-order valence-corrected chi connectivity index (χ4v) is 3.45. The topological polar surface area (TPSA) is 169 Å². The number of hydrogen-bond donors (Lipinski definition) is 4. The van der Waals surface area contributed by atoms with Crippen LogP contribution < -0.4 is 11.0 Å². The number of carbonyl (C=O) groups is 2. The Morgan fingerprint density at radius 1 is 1.18 bits per heavy atom. The van der Waals surface area contributed by atoms with Crippen LogP contribution in [-0.4, -0.2) is 75.1 Å².